The fourth-order valence-electron chi connectivity index (χ4n) is 3.28. The molecule has 29 heavy (non-hydrogen) atoms. The first-order chi connectivity index (χ1) is 13.8. The number of likely N-dealkylation sites (tertiary alicyclic amines) is 1. The lowest BCUT2D eigenvalue weighted by Crippen LogP contribution is -2.52. The molecule has 1 aromatic carbocycles. The second-order valence-corrected chi connectivity index (χ2v) is 8.98. The summed E-state index contributed by atoms with van der Waals surface area (Å²) in [7, 11) is 0. The van der Waals surface area contributed by atoms with Crippen molar-refractivity contribution in [2.45, 2.75) is 45.2 Å². The second-order valence-electron chi connectivity index (χ2n) is 8.00. The van der Waals surface area contributed by atoms with E-state index in [4.69, 9.17) is 9.47 Å². The average molecular weight is 417 g/mol. The van der Waals surface area contributed by atoms with Gasteiger partial charge in [0.1, 0.15) is 11.0 Å². The van der Waals surface area contributed by atoms with E-state index in [2.05, 4.69) is 20.8 Å². The fraction of sp³-hybridized carbons (Fsp3) is 0.474. The van der Waals surface area contributed by atoms with Crippen molar-refractivity contribution in [3.8, 4) is 22.1 Å². The quantitative estimate of drug-likeness (QED) is 0.796. The van der Waals surface area contributed by atoms with Crippen LogP contribution in [-0.4, -0.2) is 52.0 Å². The van der Waals surface area contributed by atoms with Gasteiger partial charge in [0.05, 0.1) is 0 Å². The van der Waals surface area contributed by atoms with Crippen LogP contribution >= 0.6 is 11.3 Å². The molecule has 10 heteroatoms. The Balaban J connectivity index is 1.43. The number of benzene rings is 1. The molecule has 0 saturated carbocycles. The second kappa shape index (κ2) is 7.51. The van der Waals surface area contributed by atoms with Crippen molar-refractivity contribution in [3.05, 3.63) is 18.2 Å². The first kappa shape index (κ1) is 19.4. The molecule has 2 aromatic rings. The summed E-state index contributed by atoms with van der Waals surface area (Å²) < 4.78 is 10.7. The molecule has 1 aromatic heterocycles. The SMILES string of the molecule is CC(C)(C)NC(=O)N1CCC[C@H]1C(=O)Nc1nnc(-c2ccc3c(c2)OCO3)s1. The molecule has 0 bridgehead atoms. The van der Waals surface area contributed by atoms with Gasteiger partial charge in [0, 0.05) is 17.6 Å². The highest BCUT2D eigenvalue weighted by molar-refractivity contribution is 7.18. The van der Waals surface area contributed by atoms with E-state index in [9.17, 15) is 9.59 Å². The van der Waals surface area contributed by atoms with Gasteiger partial charge in [-0.1, -0.05) is 11.3 Å². The summed E-state index contributed by atoms with van der Waals surface area (Å²) in [6.45, 7) is 6.49. The highest BCUT2D eigenvalue weighted by Crippen LogP contribution is 2.37. The maximum Gasteiger partial charge on any atom is 0.318 e. The van der Waals surface area contributed by atoms with Crippen molar-refractivity contribution in [2.75, 3.05) is 18.7 Å². The number of carbonyl (C=O) groups is 2. The summed E-state index contributed by atoms with van der Waals surface area (Å²) in [5.74, 6) is 1.11. The molecule has 1 saturated heterocycles. The zero-order valence-electron chi connectivity index (χ0n) is 16.5. The van der Waals surface area contributed by atoms with E-state index in [1.165, 1.54) is 11.3 Å². The number of nitrogens with one attached hydrogen (secondary N) is 2. The summed E-state index contributed by atoms with van der Waals surface area (Å²) in [6, 6.07) is 4.78. The van der Waals surface area contributed by atoms with Gasteiger partial charge < -0.3 is 19.7 Å². The van der Waals surface area contributed by atoms with Gasteiger partial charge in [-0.15, -0.1) is 10.2 Å². The number of amides is 3. The van der Waals surface area contributed by atoms with E-state index in [0.29, 0.717) is 34.6 Å². The third kappa shape index (κ3) is 4.26. The van der Waals surface area contributed by atoms with Gasteiger partial charge in [0.15, 0.2) is 11.5 Å². The number of aromatic nitrogens is 2. The zero-order chi connectivity index (χ0) is 20.6. The van der Waals surface area contributed by atoms with Crippen LogP contribution in [0.1, 0.15) is 33.6 Å². The van der Waals surface area contributed by atoms with E-state index in [0.717, 1.165) is 12.0 Å². The van der Waals surface area contributed by atoms with E-state index < -0.39 is 6.04 Å². The minimum Gasteiger partial charge on any atom is -0.454 e. The van der Waals surface area contributed by atoms with Gasteiger partial charge in [-0.3, -0.25) is 10.1 Å². The van der Waals surface area contributed by atoms with Gasteiger partial charge in [0.2, 0.25) is 17.8 Å². The minimum absolute atomic E-state index is 0.205. The highest BCUT2D eigenvalue weighted by atomic mass is 32.1. The Labute approximate surface area is 172 Å². The van der Waals surface area contributed by atoms with Crippen LogP contribution in [0, 0.1) is 0 Å². The molecular formula is C19H23N5O4S. The molecule has 154 valence electrons. The Morgan fingerprint density at radius 2 is 2.00 bits per heavy atom. The Morgan fingerprint density at radius 1 is 1.21 bits per heavy atom. The van der Waals surface area contributed by atoms with Gasteiger partial charge >= 0.3 is 6.03 Å². The summed E-state index contributed by atoms with van der Waals surface area (Å²) in [6.07, 6.45) is 1.41. The third-order valence-corrected chi connectivity index (χ3v) is 5.46. The van der Waals surface area contributed by atoms with Crippen LogP contribution in [-0.2, 0) is 4.79 Å². The average Bonchev–Trinajstić information content (AvgIpc) is 3.39. The lowest BCUT2D eigenvalue weighted by atomic mass is 10.1. The van der Waals surface area contributed by atoms with Crippen LogP contribution in [0.25, 0.3) is 10.6 Å². The molecule has 2 N–H and O–H groups in total. The summed E-state index contributed by atoms with van der Waals surface area (Å²) >= 11 is 1.27. The molecule has 0 aliphatic carbocycles. The predicted molar refractivity (Wildman–Crippen MR) is 108 cm³/mol. The Bertz CT molecular complexity index is 939. The van der Waals surface area contributed by atoms with Gasteiger partial charge in [-0.2, -0.15) is 0 Å². The van der Waals surface area contributed by atoms with Gasteiger partial charge in [-0.25, -0.2) is 4.79 Å². The fourth-order valence-corrected chi connectivity index (χ4v) is 4.03. The monoisotopic (exact) mass is 417 g/mol. The number of nitrogens with zero attached hydrogens (tertiary/aromatic N) is 3. The molecule has 9 nitrogen and oxygen atoms in total. The lowest BCUT2D eigenvalue weighted by molar-refractivity contribution is -0.119. The number of fused-ring (bicyclic) bond motifs is 1. The highest BCUT2D eigenvalue weighted by Gasteiger charge is 2.35. The van der Waals surface area contributed by atoms with Gasteiger partial charge in [-0.05, 0) is 51.8 Å². The predicted octanol–water partition coefficient (Wildman–Crippen LogP) is 2.84. The van der Waals surface area contributed by atoms with E-state index >= 15 is 0 Å². The topological polar surface area (TPSA) is 106 Å². The number of rotatable bonds is 3. The van der Waals surface area contributed by atoms with Crippen molar-refractivity contribution in [3.63, 3.8) is 0 Å². The minimum atomic E-state index is -0.518. The Hall–Kier alpha value is -2.88. The Kier molecular flexibility index (Phi) is 5.03. The number of hydrogen-bond donors (Lipinski definition) is 2. The number of hydrogen-bond acceptors (Lipinski definition) is 7. The maximum absolute atomic E-state index is 12.8. The Morgan fingerprint density at radius 3 is 2.79 bits per heavy atom. The number of carbonyl (C=O) groups excluding carboxylic acids is 2. The first-order valence-electron chi connectivity index (χ1n) is 9.43. The summed E-state index contributed by atoms with van der Waals surface area (Å²) in [5.41, 5.74) is 0.471. The summed E-state index contributed by atoms with van der Waals surface area (Å²) in [5, 5.41) is 15.0. The van der Waals surface area contributed by atoms with Crippen LogP contribution < -0.4 is 20.1 Å². The summed E-state index contributed by atoms with van der Waals surface area (Å²) in [4.78, 5) is 26.8. The van der Waals surface area contributed by atoms with Crippen molar-refractivity contribution in [2.24, 2.45) is 0 Å². The smallest absolute Gasteiger partial charge is 0.318 e. The third-order valence-electron chi connectivity index (χ3n) is 4.57. The molecule has 0 radical (unpaired) electrons. The molecule has 1 fully saturated rings. The molecule has 4 rings (SSSR count). The lowest BCUT2D eigenvalue weighted by Gasteiger charge is -2.28. The van der Waals surface area contributed by atoms with Crippen LogP contribution in [0.5, 0.6) is 11.5 Å². The molecule has 0 spiro atoms. The van der Waals surface area contributed by atoms with Crippen LogP contribution in [0.3, 0.4) is 0 Å². The van der Waals surface area contributed by atoms with Crippen molar-refractivity contribution >= 4 is 28.4 Å². The van der Waals surface area contributed by atoms with E-state index in [1.54, 1.807) is 4.90 Å². The number of urea groups is 1. The molecule has 3 amide bonds. The normalized spacial score (nSPS) is 18.0. The number of ether oxygens (including phenoxy) is 2. The largest absolute Gasteiger partial charge is 0.454 e. The zero-order valence-corrected chi connectivity index (χ0v) is 17.3. The van der Waals surface area contributed by atoms with Crippen LogP contribution in [0.2, 0.25) is 0 Å². The van der Waals surface area contributed by atoms with E-state index in [1.807, 2.05) is 39.0 Å². The van der Waals surface area contributed by atoms with E-state index in [-0.39, 0.29) is 24.3 Å². The molecule has 2 aliphatic heterocycles. The van der Waals surface area contributed by atoms with Crippen molar-refractivity contribution in [1.29, 1.82) is 0 Å². The van der Waals surface area contributed by atoms with Crippen LogP contribution in [0.15, 0.2) is 18.2 Å². The first-order valence-corrected chi connectivity index (χ1v) is 10.2. The molecule has 1 atom stereocenters. The number of anilines is 1. The molecule has 2 aliphatic rings. The molecule has 3 heterocycles. The maximum atomic E-state index is 12.8. The molecule has 0 unspecified atom stereocenters. The van der Waals surface area contributed by atoms with Crippen LogP contribution in [0.4, 0.5) is 9.93 Å². The van der Waals surface area contributed by atoms with Crippen molar-refractivity contribution < 1.29 is 19.1 Å². The molecular weight excluding hydrogens is 394 g/mol. The van der Waals surface area contributed by atoms with Crippen molar-refractivity contribution in [1.82, 2.24) is 20.4 Å². The standard InChI is InChI=1S/C19H23N5O4S/c1-19(2,3)21-18(26)24-8-4-5-12(24)15(25)20-17-23-22-16(29-17)11-6-7-13-14(9-11)28-10-27-13/h6-7,9,12H,4-5,8,10H2,1-3H3,(H,21,26)(H,20,23,25)/t12-/m0/s1. The van der Waals surface area contributed by atoms with Gasteiger partial charge in [0.25, 0.3) is 0 Å².